The monoisotopic (exact) mass is 352 g/mol. The molecular weight excluding hydrogens is 316 g/mol. The van der Waals surface area contributed by atoms with Gasteiger partial charge in [0.05, 0.1) is 5.92 Å². The molecule has 3 atom stereocenters. The Kier molecular flexibility index (Phi) is 8.88. The van der Waals surface area contributed by atoms with Crippen LogP contribution >= 0.6 is 0 Å². The average Bonchev–Trinajstić information content (AvgIpc) is 3.02. The van der Waals surface area contributed by atoms with E-state index >= 15 is 0 Å². The molecule has 0 saturated carbocycles. The van der Waals surface area contributed by atoms with Gasteiger partial charge in [0.2, 0.25) is 0 Å². The summed E-state index contributed by atoms with van der Waals surface area (Å²) in [6.45, 7) is 6.79. The van der Waals surface area contributed by atoms with Crippen molar-refractivity contribution in [2.45, 2.75) is 84.0 Å². The Hall–Kier alpha value is -1.63. The fourth-order valence-electron chi connectivity index (χ4n) is 3.86. The average molecular weight is 353 g/mol. The van der Waals surface area contributed by atoms with Crippen molar-refractivity contribution in [1.82, 2.24) is 0 Å². The van der Waals surface area contributed by atoms with Gasteiger partial charge in [-0.15, -0.1) is 0 Å². The van der Waals surface area contributed by atoms with E-state index in [2.05, 4.69) is 63.3 Å². The van der Waals surface area contributed by atoms with Gasteiger partial charge in [0.25, 0.3) is 0 Å². The van der Waals surface area contributed by atoms with Crippen molar-refractivity contribution in [2.24, 2.45) is 5.92 Å². The zero-order valence-electron chi connectivity index (χ0n) is 16.9. The summed E-state index contributed by atoms with van der Waals surface area (Å²) < 4.78 is 0. The van der Waals surface area contributed by atoms with Crippen LogP contribution in [0.5, 0.6) is 0 Å². The third-order valence-corrected chi connectivity index (χ3v) is 5.65. The van der Waals surface area contributed by atoms with Gasteiger partial charge in [0, 0.05) is 0 Å². The second-order valence-corrected chi connectivity index (χ2v) is 7.82. The standard InChI is InChI=1S/C25H36O/c1-4-6-8-9-11-13-22-18-19-24(26)25(22)23-16-14-21(15-17-23)20(3)12-10-7-5-2/h9,11,14-20,22,25H,4-8,10,12-13H2,1-3H3/b11-9-/t20?,22-,25-/m0/s1. The molecule has 1 aromatic rings. The lowest BCUT2D eigenvalue weighted by Gasteiger charge is -2.19. The molecule has 1 unspecified atom stereocenters. The highest BCUT2D eigenvalue weighted by molar-refractivity contribution is 5.98. The molecule has 0 spiro atoms. The number of hydrogen-bond donors (Lipinski definition) is 0. The van der Waals surface area contributed by atoms with Gasteiger partial charge in [-0.3, -0.25) is 4.79 Å². The van der Waals surface area contributed by atoms with Crippen LogP contribution in [0.2, 0.25) is 0 Å². The Bertz CT molecular complexity index is 593. The molecule has 0 heterocycles. The number of benzene rings is 1. The van der Waals surface area contributed by atoms with E-state index in [0.717, 1.165) is 12.8 Å². The SMILES string of the molecule is CCCC/C=C\C[C@H]1C=CC(=O)[C@@H]1c1ccc(C(C)CCCCC)cc1. The maximum Gasteiger partial charge on any atom is 0.163 e. The van der Waals surface area contributed by atoms with Gasteiger partial charge in [-0.2, -0.15) is 0 Å². The van der Waals surface area contributed by atoms with Crippen LogP contribution in [-0.4, -0.2) is 5.78 Å². The Morgan fingerprint density at radius 3 is 2.42 bits per heavy atom. The lowest BCUT2D eigenvalue weighted by Crippen LogP contribution is -2.13. The molecule has 0 aromatic heterocycles. The number of allylic oxidation sites excluding steroid dienone is 4. The van der Waals surface area contributed by atoms with E-state index < -0.39 is 0 Å². The molecule has 0 saturated heterocycles. The summed E-state index contributed by atoms with van der Waals surface area (Å²) >= 11 is 0. The predicted molar refractivity (Wildman–Crippen MR) is 113 cm³/mol. The molecule has 2 rings (SSSR count). The normalized spacial score (nSPS) is 21.0. The number of carbonyl (C=O) groups excluding carboxylic acids is 1. The molecule has 0 fully saturated rings. The van der Waals surface area contributed by atoms with Crippen LogP contribution in [0.3, 0.4) is 0 Å². The third kappa shape index (κ3) is 5.97. The molecule has 0 N–H and O–H groups in total. The van der Waals surface area contributed by atoms with E-state index in [1.165, 1.54) is 49.7 Å². The van der Waals surface area contributed by atoms with Crippen LogP contribution in [0.4, 0.5) is 0 Å². The van der Waals surface area contributed by atoms with E-state index in [4.69, 9.17) is 0 Å². The van der Waals surface area contributed by atoms with E-state index in [1.807, 2.05) is 0 Å². The Morgan fingerprint density at radius 2 is 1.73 bits per heavy atom. The summed E-state index contributed by atoms with van der Waals surface area (Å²) in [6.07, 6.45) is 18.2. The minimum absolute atomic E-state index is 0.00951. The van der Waals surface area contributed by atoms with Crippen LogP contribution < -0.4 is 0 Å². The Morgan fingerprint density at radius 1 is 1.00 bits per heavy atom. The van der Waals surface area contributed by atoms with Gasteiger partial charge in [0.1, 0.15) is 0 Å². The first-order chi connectivity index (χ1) is 12.7. The van der Waals surface area contributed by atoms with E-state index in [-0.39, 0.29) is 11.7 Å². The van der Waals surface area contributed by atoms with Gasteiger partial charge in [-0.05, 0) is 48.3 Å². The lowest BCUT2D eigenvalue weighted by molar-refractivity contribution is -0.115. The van der Waals surface area contributed by atoms with Crippen molar-refractivity contribution in [3.8, 4) is 0 Å². The van der Waals surface area contributed by atoms with Gasteiger partial charge < -0.3 is 0 Å². The minimum atomic E-state index is 0.00951. The van der Waals surface area contributed by atoms with Crippen molar-refractivity contribution in [3.05, 3.63) is 59.7 Å². The molecule has 142 valence electrons. The Balaban J connectivity index is 1.97. The molecule has 1 heteroatoms. The fourth-order valence-corrected chi connectivity index (χ4v) is 3.86. The highest BCUT2D eigenvalue weighted by atomic mass is 16.1. The number of rotatable bonds is 11. The second kappa shape index (κ2) is 11.2. The number of carbonyl (C=O) groups is 1. The molecule has 0 amide bonds. The van der Waals surface area contributed by atoms with Crippen LogP contribution in [0.15, 0.2) is 48.6 Å². The first-order valence-corrected chi connectivity index (χ1v) is 10.6. The van der Waals surface area contributed by atoms with Gasteiger partial charge >= 0.3 is 0 Å². The molecule has 1 aliphatic carbocycles. The van der Waals surface area contributed by atoms with Crippen LogP contribution in [0, 0.1) is 5.92 Å². The topological polar surface area (TPSA) is 17.1 Å². The summed E-state index contributed by atoms with van der Waals surface area (Å²) in [6, 6.07) is 8.86. The quantitative estimate of drug-likeness (QED) is 0.300. The van der Waals surface area contributed by atoms with Crippen LogP contribution in [0.1, 0.15) is 95.1 Å². The van der Waals surface area contributed by atoms with E-state index in [0.29, 0.717) is 11.8 Å². The zero-order chi connectivity index (χ0) is 18.8. The van der Waals surface area contributed by atoms with Crippen molar-refractivity contribution >= 4 is 5.78 Å². The Labute approximate surface area is 160 Å². The lowest BCUT2D eigenvalue weighted by atomic mass is 9.84. The predicted octanol–water partition coefficient (Wildman–Crippen LogP) is 7.35. The van der Waals surface area contributed by atoms with Crippen molar-refractivity contribution < 1.29 is 4.79 Å². The summed E-state index contributed by atoms with van der Waals surface area (Å²) in [5, 5.41) is 0. The van der Waals surface area contributed by atoms with Crippen LogP contribution in [-0.2, 0) is 4.79 Å². The fraction of sp³-hybridized carbons (Fsp3) is 0.560. The first-order valence-electron chi connectivity index (χ1n) is 10.6. The van der Waals surface area contributed by atoms with Crippen molar-refractivity contribution in [2.75, 3.05) is 0 Å². The molecule has 0 radical (unpaired) electrons. The molecule has 1 aromatic carbocycles. The second-order valence-electron chi connectivity index (χ2n) is 7.82. The highest BCUT2D eigenvalue weighted by Gasteiger charge is 2.30. The molecule has 0 aliphatic heterocycles. The molecule has 1 nitrogen and oxygen atoms in total. The number of unbranched alkanes of at least 4 members (excludes halogenated alkanes) is 4. The summed E-state index contributed by atoms with van der Waals surface area (Å²) in [5.74, 6) is 1.19. The number of hydrogen-bond acceptors (Lipinski definition) is 1. The molecule has 1 aliphatic rings. The molecule has 0 bridgehead atoms. The molecule has 26 heavy (non-hydrogen) atoms. The summed E-state index contributed by atoms with van der Waals surface area (Å²) in [4.78, 5) is 12.4. The molecular formula is C25H36O. The van der Waals surface area contributed by atoms with Gasteiger partial charge in [0.15, 0.2) is 5.78 Å². The highest BCUT2D eigenvalue weighted by Crippen LogP contribution is 2.35. The van der Waals surface area contributed by atoms with Crippen molar-refractivity contribution in [1.29, 1.82) is 0 Å². The smallest absolute Gasteiger partial charge is 0.163 e. The summed E-state index contributed by atoms with van der Waals surface area (Å²) in [5.41, 5.74) is 2.58. The van der Waals surface area contributed by atoms with E-state index in [1.54, 1.807) is 6.08 Å². The summed E-state index contributed by atoms with van der Waals surface area (Å²) in [7, 11) is 0. The third-order valence-electron chi connectivity index (χ3n) is 5.65. The van der Waals surface area contributed by atoms with Gasteiger partial charge in [-0.1, -0.05) is 95.4 Å². The largest absolute Gasteiger partial charge is 0.294 e. The minimum Gasteiger partial charge on any atom is -0.294 e. The van der Waals surface area contributed by atoms with E-state index in [9.17, 15) is 4.79 Å². The first kappa shape index (κ1) is 20.7. The maximum absolute atomic E-state index is 12.4. The van der Waals surface area contributed by atoms with Gasteiger partial charge in [-0.25, -0.2) is 0 Å². The maximum atomic E-state index is 12.4. The van der Waals surface area contributed by atoms with Crippen molar-refractivity contribution in [3.63, 3.8) is 0 Å². The zero-order valence-corrected chi connectivity index (χ0v) is 16.9. The number of ketones is 1. The van der Waals surface area contributed by atoms with Crippen LogP contribution in [0.25, 0.3) is 0 Å².